The van der Waals surface area contributed by atoms with E-state index < -0.39 is 5.97 Å². The molecule has 0 radical (unpaired) electrons. The van der Waals surface area contributed by atoms with Crippen LogP contribution in [0.15, 0.2) is 6.07 Å². The predicted molar refractivity (Wildman–Crippen MR) is 63.3 cm³/mol. The maximum absolute atomic E-state index is 10.4. The van der Waals surface area contributed by atoms with Gasteiger partial charge in [-0.3, -0.25) is 0 Å². The highest BCUT2D eigenvalue weighted by molar-refractivity contribution is 5.68. The van der Waals surface area contributed by atoms with E-state index in [-0.39, 0.29) is 18.4 Å². The Hall–Kier alpha value is -1.65. The van der Waals surface area contributed by atoms with Crippen molar-refractivity contribution < 1.29 is 14.6 Å². The molecule has 0 saturated heterocycles. The fourth-order valence-electron chi connectivity index (χ4n) is 1.22. The molecule has 0 saturated carbocycles. The van der Waals surface area contributed by atoms with E-state index in [9.17, 15) is 4.79 Å². The van der Waals surface area contributed by atoms with Crippen LogP contribution in [-0.2, 0) is 4.79 Å². The quantitative estimate of drug-likeness (QED) is 0.851. The van der Waals surface area contributed by atoms with Gasteiger partial charge in [-0.2, -0.15) is 4.98 Å². The molecule has 0 unspecified atom stereocenters. The summed E-state index contributed by atoms with van der Waals surface area (Å²) in [7, 11) is 0. The number of nitrogens with zero attached hydrogens (tertiary/aromatic N) is 2. The van der Waals surface area contributed by atoms with Crippen LogP contribution in [-0.4, -0.2) is 27.7 Å². The average Bonchev–Trinajstić information content (AvgIpc) is 2.25. The summed E-state index contributed by atoms with van der Waals surface area (Å²) >= 11 is 0. The van der Waals surface area contributed by atoms with Gasteiger partial charge in [-0.15, -0.1) is 0 Å². The van der Waals surface area contributed by atoms with Crippen molar-refractivity contribution in [2.24, 2.45) is 0 Å². The Morgan fingerprint density at radius 3 is 2.41 bits per heavy atom. The van der Waals surface area contributed by atoms with E-state index in [1.807, 2.05) is 27.7 Å². The zero-order valence-corrected chi connectivity index (χ0v) is 10.6. The molecule has 0 aliphatic rings. The maximum Gasteiger partial charge on any atom is 0.341 e. The summed E-state index contributed by atoms with van der Waals surface area (Å²) in [5.41, 5.74) is 0.865. The Bertz CT molecular complexity index is 376. The average molecular weight is 238 g/mol. The van der Waals surface area contributed by atoms with Crippen LogP contribution in [0.5, 0.6) is 5.88 Å². The number of ether oxygens (including phenoxy) is 1. The molecule has 0 aliphatic heterocycles. The van der Waals surface area contributed by atoms with Crippen LogP contribution in [0, 0.1) is 0 Å². The van der Waals surface area contributed by atoms with Gasteiger partial charge in [-0.05, 0) is 5.92 Å². The standard InChI is InChI=1S/C12H18N2O3/c1-7(2)9-5-10(17-6-11(15)16)14-12(13-9)8(3)4/h5,7-8H,6H2,1-4H3,(H,15,16). The molecule has 1 aromatic heterocycles. The lowest BCUT2D eigenvalue weighted by Crippen LogP contribution is -2.12. The third kappa shape index (κ3) is 4.01. The van der Waals surface area contributed by atoms with Gasteiger partial charge < -0.3 is 9.84 Å². The SMILES string of the molecule is CC(C)c1cc(OCC(=O)O)nc(C(C)C)n1. The van der Waals surface area contributed by atoms with Crippen molar-refractivity contribution in [3.8, 4) is 5.88 Å². The molecule has 1 aromatic rings. The summed E-state index contributed by atoms with van der Waals surface area (Å²) in [6.45, 7) is 7.63. The number of aliphatic carboxylic acids is 1. The molecule has 1 N–H and O–H groups in total. The highest BCUT2D eigenvalue weighted by atomic mass is 16.5. The molecule has 0 amide bonds. The largest absolute Gasteiger partial charge is 0.479 e. The normalized spacial score (nSPS) is 10.9. The molecular formula is C12H18N2O3. The molecule has 17 heavy (non-hydrogen) atoms. The highest BCUT2D eigenvalue weighted by Crippen LogP contribution is 2.20. The third-order valence-electron chi connectivity index (χ3n) is 2.19. The second kappa shape index (κ2) is 5.61. The topological polar surface area (TPSA) is 72.3 Å². The van der Waals surface area contributed by atoms with Crippen LogP contribution in [0.2, 0.25) is 0 Å². The first-order valence-electron chi connectivity index (χ1n) is 5.63. The van der Waals surface area contributed by atoms with Gasteiger partial charge in [0.05, 0.1) is 5.69 Å². The lowest BCUT2D eigenvalue weighted by atomic mass is 10.1. The van der Waals surface area contributed by atoms with Crippen LogP contribution >= 0.6 is 0 Å². The number of rotatable bonds is 5. The van der Waals surface area contributed by atoms with Crippen LogP contribution < -0.4 is 4.74 Å². The first-order chi connectivity index (χ1) is 7.90. The van der Waals surface area contributed by atoms with E-state index in [1.54, 1.807) is 6.07 Å². The molecule has 1 rings (SSSR count). The first kappa shape index (κ1) is 13.4. The van der Waals surface area contributed by atoms with Gasteiger partial charge in [0.1, 0.15) is 5.82 Å². The zero-order valence-electron chi connectivity index (χ0n) is 10.6. The predicted octanol–water partition coefficient (Wildman–Crippen LogP) is 2.19. The Kier molecular flexibility index (Phi) is 4.43. The van der Waals surface area contributed by atoms with E-state index in [0.717, 1.165) is 5.69 Å². The molecule has 0 fully saturated rings. The number of carboxylic acid groups (broad SMARTS) is 1. The monoisotopic (exact) mass is 238 g/mol. The summed E-state index contributed by atoms with van der Waals surface area (Å²) in [4.78, 5) is 19.1. The first-order valence-corrected chi connectivity index (χ1v) is 5.63. The summed E-state index contributed by atoms with van der Waals surface area (Å²) < 4.78 is 5.10. The van der Waals surface area contributed by atoms with Gasteiger partial charge in [-0.1, -0.05) is 27.7 Å². The van der Waals surface area contributed by atoms with Crippen molar-refractivity contribution in [1.82, 2.24) is 9.97 Å². The van der Waals surface area contributed by atoms with E-state index in [1.165, 1.54) is 0 Å². The highest BCUT2D eigenvalue weighted by Gasteiger charge is 2.11. The van der Waals surface area contributed by atoms with Crippen molar-refractivity contribution in [3.63, 3.8) is 0 Å². The summed E-state index contributed by atoms with van der Waals surface area (Å²) in [5, 5.41) is 8.56. The molecule has 0 aromatic carbocycles. The molecule has 0 aliphatic carbocycles. The summed E-state index contributed by atoms with van der Waals surface area (Å²) in [5.74, 6) is 0.427. The Labute approximate surface area is 101 Å². The van der Waals surface area contributed by atoms with Gasteiger partial charge in [0.15, 0.2) is 6.61 Å². The zero-order chi connectivity index (χ0) is 13.0. The number of carbonyl (C=O) groups is 1. The van der Waals surface area contributed by atoms with Crippen LogP contribution in [0.1, 0.15) is 51.0 Å². The van der Waals surface area contributed by atoms with E-state index in [0.29, 0.717) is 11.7 Å². The second-order valence-electron chi connectivity index (χ2n) is 4.48. The molecule has 0 spiro atoms. The summed E-state index contributed by atoms with van der Waals surface area (Å²) in [6, 6.07) is 1.69. The lowest BCUT2D eigenvalue weighted by Gasteiger charge is -2.12. The molecular weight excluding hydrogens is 220 g/mol. The second-order valence-corrected chi connectivity index (χ2v) is 4.48. The molecule has 0 bridgehead atoms. The molecule has 5 nitrogen and oxygen atoms in total. The van der Waals surface area contributed by atoms with Gasteiger partial charge in [0.2, 0.25) is 5.88 Å². The van der Waals surface area contributed by atoms with Crippen molar-refractivity contribution >= 4 is 5.97 Å². The van der Waals surface area contributed by atoms with E-state index >= 15 is 0 Å². The molecule has 0 atom stereocenters. The van der Waals surface area contributed by atoms with Crippen molar-refractivity contribution in [2.45, 2.75) is 39.5 Å². The van der Waals surface area contributed by atoms with Crippen molar-refractivity contribution in [2.75, 3.05) is 6.61 Å². The van der Waals surface area contributed by atoms with Crippen molar-refractivity contribution in [1.29, 1.82) is 0 Å². The fraction of sp³-hybridized carbons (Fsp3) is 0.583. The van der Waals surface area contributed by atoms with Crippen LogP contribution in [0.4, 0.5) is 0 Å². The van der Waals surface area contributed by atoms with Gasteiger partial charge >= 0.3 is 5.97 Å². The Balaban J connectivity index is 2.99. The fourth-order valence-corrected chi connectivity index (χ4v) is 1.22. The number of hydrogen-bond donors (Lipinski definition) is 1. The summed E-state index contributed by atoms with van der Waals surface area (Å²) in [6.07, 6.45) is 0. The van der Waals surface area contributed by atoms with Gasteiger partial charge in [0.25, 0.3) is 0 Å². The third-order valence-corrected chi connectivity index (χ3v) is 2.19. The minimum atomic E-state index is -1.01. The van der Waals surface area contributed by atoms with Gasteiger partial charge in [-0.25, -0.2) is 9.78 Å². The van der Waals surface area contributed by atoms with Gasteiger partial charge in [0, 0.05) is 12.0 Å². The Morgan fingerprint density at radius 1 is 1.29 bits per heavy atom. The number of aromatic nitrogens is 2. The van der Waals surface area contributed by atoms with E-state index in [4.69, 9.17) is 9.84 Å². The molecule has 5 heteroatoms. The van der Waals surface area contributed by atoms with Crippen LogP contribution in [0.3, 0.4) is 0 Å². The van der Waals surface area contributed by atoms with E-state index in [2.05, 4.69) is 9.97 Å². The van der Waals surface area contributed by atoms with Crippen LogP contribution in [0.25, 0.3) is 0 Å². The number of hydrogen-bond acceptors (Lipinski definition) is 4. The molecule has 1 heterocycles. The smallest absolute Gasteiger partial charge is 0.341 e. The maximum atomic E-state index is 10.4. The minimum absolute atomic E-state index is 0.181. The molecule has 94 valence electrons. The Morgan fingerprint density at radius 2 is 1.94 bits per heavy atom. The number of carboxylic acids is 1. The van der Waals surface area contributed by atoms with Crippen molar-refractivity contribution in [3.05, 3.63) is 17.6 Å². The lowest BCUT2D eigenvalue weighted by molar-refractivity contribution is -0.139. The minimum Gasteiger partial charge on any atom is -0.479 e.